The lowest BCUT2D eigenvalue weighted by Gasteiger charge is -2.19. The van der Waals surface area contributed by atoms with E-state index in [1.165, 1.54) is 44.3 Å². The zero-order chi connectivity index (χ0) is 18.1. The van der Waals surface area contributed by atoms with Crippen molar-refractivity contribution in [1.82, 2.24) is 0 Å². The van der Waals surface area contributed by atoms with Gasteiger partial charge in [-0.2, -0.15) is 0 Å². The Morgan fingerprint density at radius 3 is 2.27 bits per heavy atom. The molecule has 26 heavy (non-hydrogen) atoms. The summed E-state index contributed by atoms with van der Waals surface area (Å²) in [6.45, 7) is 7.37. The Kier molecular flexibility index (Phi) is 4.38. The summed E-state index contributed by atoms with van der Waals surface area (Å²) in [6.07, 6.45) is 8.84. The van der Waals surface area contributed by atoms with Crippen molar-refractivity contribution in [3.8, 4) is 0 Å². The number of aryl methyl sites for hydroxylation is 3. The molecule has 4 rings (SSSR count). The predicted octanol–water partition coefficient (Wildman–Crippen LogP) is 6.59. The van der Waals surface area contributed by atoms with Crippen LogP contribution < -0.4 is 5.32 Å². The number of benzene rings is 3. The Morgan fingerprint density at radius 1 is 0.846 bits per heavy atom. The van der Waals surface area contributed by atoms with E-state index >= 15 is 0 Å². The van der Waals surface area contributed by atoms with Crippen LogP contribution in [0.2, 0.25) is 0 Å². The molecule has 0 atom stereocenters. The molecule has 1 aliphatic carbocycles. The molecule has 0 spiro atoms. The summed E-state index contributed by atoms with van der Waals surface area (Å²) in [5, 5.41) is 6.38. The molecule has 0 fully saturated rings. The van der Waals surface area contributed by atoms with Crippen molar-refractivity contribution in [3.05, 3.63) is 101 Å². The molecule has 0 bridgehead atoms. The van der Waals surface area contributed by atoms with E-state index in [1.54, 1.807) is 0 Å². The Hall–Kier alpha value is -2.80. The zero-order valence-electron chi connectivity index (χ0n) is 15.7. The zero-order valence-corrected chi connectivity index (χ0v) is 15.7. The summed E-state index contributed by atoms with van der Waals surface area (Å²) < 4.78 is 0. The Balaban J connectivity index is 1.76. The lowest BCUT2D eigenvalue weighted by molar-refractivity contribution is 1.03. The molecule has 130 valence electrons. The first-order valence-corrected chi connectivity index (χ1v) is 9.31. The van der Waals surface area contributed by atoms with Gasteiger partial charge in [0.1, 0.15) is 0 Å². The van der Waals surface area contributed by atoms with Crippen LogP contribution in [0.25, 0.3) is 10.8 Å². The molecule has 0 unspecified atom stereocenters. The normalized spacial score (nSPS) is 13.7. The topological polar surface area (TPSA) is 12.0 Å². The van der Waals surface area contributed by atoms with Crippen LogP contribution >= 0.6 is 0 Å². The molecule has 1 heteroatoms. The maximum Gasteiger partial charge on any atom is 0.0410 e. The van der Waals surface area contributed by atoms with Gasteiger partial charge in [0, 0.05) is 18.2 Å². The molecule has 0 amide bonds. The number of hydrogen-bond donors (Lipinski definition) is 1. The van der Waals surface area contributed by atoms with Crippen LogP contribution in [0.4, 0.5) is 5.69 Å². The van der Waals surface area contributed by atoms with Gasteiger partial charge in [-0.05, 0) is 53.8 Å². The third kappa shape index (κ3) is 3.06. The largest absolute Gasteiger partial charge is 0.381 e. The highest BCUT2D eigenvalue weighted by molar-refractivity contribution is 5.87. The van der Waals surface area contributed by atoms with Gasteiger partial charge in [-0.15, -0.1) is 0 Å². The molecular formula is C25H25N. The molecule has 0 aromatic heterocycles. The van der Waals surface area contributed by atoms with Gasteiger partial charge in [-0.25, -0.2) is 0 Å². The average Bonchev–Trinajstić information content (AvgIpc) is 3.15. The molecule has 0 radical (unpaired) electrons. The molecule has 3 aromatic carbocycles. The van der Waals surface area contributed by atoms with E-state index in [0.717, 1.165) is 6.54 Å². The minimum absolute atomic E-state index is 0.372. The quantitative estimate of drug-likeness (QED) is 0.565. The van der Waals surface area contributed by atoms with Gasteiger partial charge in [0.05, 0.1) is 0 Å². The maximum atomic E-state index is 3.73. The summed E-state index contributed by atoms with van der Waals surface area (Å²) in [5.41, 5.74) is 7.98. The summed E-state index contributed by atoms with van der Waals surface area (Å²) in [6, 6.07) is 17.7. The van der Waals surface area contributed by atoms with E-state index in [2.05, 4.69) is 98.9 Å². The number of anilines is 1. The SMILES string of the molecule is Cc1cc(C)c(NCc2c(C3C=CC=C3)ccc3ccccc23)c(C)c1. The Labute approximate surface area is 156 Å². The van der Waals surface area contributed by atoms with Crippen molar-refractivity contribution >= 4 is 16.5 Å². The van der Waals surface area contributed by atoms with Crippen LogP contribution in [0.15, 0.2) is 72.8 Å². The van der Waals surface area contributed by atoms with Crippen LogP contribution in [0.5, 0.6) is 0 Å². The van der Waals surface area contributed by atoms with Crippen molar-refractivity contribution in [2.75, 3.05) is 5.32 Å². The highest BCUT2D eigenvalue weighted by Gasteiger charge is 2.15. The van der Waals surface area contributed by atoms with E-state index in [1.807, 2.05) is 0 Å². The minimum atomic E-state index is 0.372. The fourth-order valence-corrected chi connectivity index (χ4v) is 4.14. The van der Waals surface area contributed by atoms with E-state index in [-0.39, 0.29) is 0 Å². The maximum absolute atomic E-state index is 3.73. The van der Waals surface area contributed by atoms with Gasteiger partial charge in [0.15, 0.2) is 0 Å². The lowest BCUT2D eigenvalue weighted by atomic mass is 9.91. The fraction of sp³-hybridized carbons (Fsp3) is 0.200. The van der Waals surface area contributed by atoms with Crippen molar-refractivity contribution in [2.45, 2.75) is 33.2 Å². The van der Waals surface area contributed by atoms with E-state index in [9.17, 15) is 0 Å². The Bertz CT molecular complexity index is 988. The molecule has 0 aliphatic heterocycles. The molecule has 3 aromatic rings. The predicted molar refractivity (Wildman–Crippen MR) is 113 cm³/mol. The highest BCUT2D eigenvalue weighted by atomic mass is 14.9. The second-order valence-electron chi connectivity index (χ2n) is 7.28. The highest BCUT2D eigenvalue weighted by Crippen LogP contribution is 2.32. The van der Waals surface area contributed by atoms with Crippen molar-refractivity contribution in [3.63, 3.8) is 0 Å². The molecule has 0 saturated heterocycles. The second-order valence-corrected chi connectivity index (χ2v) is 7.28. The standard InChI is InChI=1S/C25H25N/c1-17-14-18(2)25(19(3)15-17)26-16-24-22-11-7-6-10-21(22)12-13-23(24)20-8-4-5-9-20/h4-15,20,26H,16H2,1-3H3. The van der Waals surface area contributed by atoms with E-state index < -0.39 is 0 Å². The van der Waals surface area contributed by atoms with Crippen LogP contribution in [0.1, 0.15) is 33.7 Å². The smallest absolute Gasteiger partial charge is 0.0410 e. The van der Waals surface area contributed by atoms with Crippen molar-refractivity contribution < 1.29 is 0 Å². The molecule has 1 nitrogen and oxygen atoms in total. The summed E-state index contributed by atoms with van der Waals surface area (Å²) in [5.74, 6) is 0.372. The second kappa shape index (κ2) is 6.84. The number of rotatable bonds is 4. The van der Waals surface area contributed by atoms with Crippen LogP contribution in [0.3, 0.4) is 0 Å². The molecular weight excluding hydrogens is 314 g/mol. The first kappa shape index (κ1) is 16.7. The monoisotopic (exact) mass is 339 g/mol. The van der Waals surface area contributed by atoms with Crippen molar-refractivity contribution in [2.24, 2.45) is 0 Å². The minimum Gasteiger partial charge on any atom is -0.381 e. The van der Waals surface area contributed by atoms with E-state index in [0.29, 0.717) is 5.92 Å². The van der Waals surface area contributed by atoms with E-state index in [4.69, 9.17) is 0 Å². The third-order valence-electron chi connectivity index (χ3n) is 5.30. The lowest BCUT2D eigenvalue weighted by Crippen LogP contribution is -2.07. The average molecular weight is 339 g/mol. The third-order valence-corrected chi connectivity index (χ3v) is 5.30. The fourth-order valence-electron chi connectivity index (χ4n) is 4.14. The van der Waals surface area contributed by atoms with Gasteiger partial charge >= 0.3 is 0 Å². The van der Waals surface area contributed by atoms with Gasteiger partial charge in [-0.1, -0.05) is 78.4 Å². The summed E-state index contributed by atoms with van der Waals surface area (Å²) >= 11 is 0. The molecule has 0 saturated carbocycles. The number of hydrogen-bond acceptors (Lipinski definition) is 1. The van der Waals surface area contributed by atoms with Crippen LogP contribution in [-0.4, -0.2) is 0 Å². The van der Waals surface area contributed by atoms with Gasteiger partial charge in [-0.3, -0.25) is 0 Å². The van der Waals surface area contributed by atoms with Gasteiger partial charge in [0.25, 0.3) is 0 Å². The Morgan fingerprint density at radius 2 is 1.54 bits per heavy atom. The van der Waals surface area contributed by atoms with Gasteiger partial charge in [0.2, 0.25) is 0 Å². The van der Waals surface area contributed by atoms with Crippen LogP contribution in [-0.2, 0) is 6.54 Å². The summed E-state index contributed by atoms with van der Waals surface area (Å²) in [7, 11) is 0. The molecule has 0 heterocycles. The first-order valence-electron chi connectivity index (χ1n) is 9.31. The van der Waals surface area contributed by atoms with Crippen LogP contribution in [0, 0.1) is 20.8 Å². The molecule has 1 aliphatic rings. The first-order chi connectivity index (χ1) is 12.6. The molecule has 1 N–H and O–H groups in total. The number of nitrogens with one attached hydrogen (secondary N) is 1. The summed E-state index contributed by atoms with van der Waals surface area (Å²) in [4.78, 5) is 0. The van der Waals surface area contributed by atoms with Gasteiger partial charge < -0.3 is 5.32 Å². The van der Waals surface area contributed by atoms with Crippen molar-refractivity contribution in [1.29, 1.82) is 0 Å². The number of fused-ring (bicyclic) bond motifs is 1. The number of allylic oxidation sites excluding steroid dienone is 4.